The summed E-state index contributed by atoms with van der Waals surface area (Å²) in [5.41, 5.74) is 0.552. The van der Waals surface area contributed by atoms with Crippen molar-refractivity contribution in [3.8, 4) is 0 Å². The molecule has 1 aliphatic heterocycles. The number of piperidine rings is 1. The Morgan fingerprint density at radius 2 is 1.80 bits per heavy atom. The molecule has 1 heterocycles. The number of rotatable bonds is 6. The summed E-state index contributed by atoms with van der Waals surface area (Å²) in [4.78, 5) is 26.4. The molecule has 0 aromatic heterocycles. The second-order valence-electron chi connectivity index (χ2n) is 7.27. The lowest BCUT2D eigenvalue weighted by atomic mass is 9.93. The third kappa shape index (κ3) is 5.89. The molecule has 0 spiro atoms. The van der Waals surface area contributed by atoms with E-state index in [1.807, 2.05) is 43.0 Å². The first kappa shape index (κ1) is 20.1. The second-order valence-corrected chi connectivity index (χ2v) is 7.98. The van der Waals surface area contributed by atoms with E-state index in [1.54, 1.807) is 0 Å². The fourth-order valence-electron chi connectivity index (χ4n) is 2.78. The Morgan fingerprint density at radius 1 is 1.20 bits per heavy atom. The van der Waals surface area contributed by atoms with Crippen molar-refractivity contribution in [1.82, 2.24) is 10.2 Å². The summed E-state index contributed by atoms with van der Waals surface area (Å²) in [5, 5.41) is 3.76. The highest BCUT2D eigenvalue weighted by Gasteiger charge is 2.30. The molecular formula is C19H26Cl2N2O2. The zero-order valence-electron chi connectivity index (χ0n) is 14.9. The minimum atomic E-state index is -0.562. The van der Waals surface area contributed by atoms with Crippen molar-refractivity contribution in [3.05, 3.63) is 34.9 Å². The Hall–Kier alpha value is -1.26. The molecule has 0 radical (unpaired) electrons. The fraction of sp³-hybridized carbons (Fsp3) is 0.579. The van der Waals surface area contributed by atoms with E-state index in [1.165, 1.54) is 0 Å². The highest BCUT2D eigenvalue weighted by molar-refractivity contribution is 6.30. The SMILES string of the molecule is CC(C)(CCl)C(=O)NC1CCN(C(=O)CCc2ccc(Cl)cc2)CC1. The van der Waals surface area contributed by atoms with E-state index in [0.717, 1.165) is 24.8 Å². The lowest BCUT2D eigenvalue weighted by molar-refractivity contribution is -0.132. The molecule has 2 amide bonds. The molecule has 1 fully saturated rings. The Bertz CT molecular complexity index is 594. The van der Waals surface area contributed by atoms with Crippen LogP contribution in [-0.2, 0) is 16.0 Å². The van der Waals surface area contributed by atoms with E-state index in [0.29, 0.717) is 30.4 Å². The Kier molecular flexibility index (Phi) is 7.14. The third-order valence-corrected chi connectivity index (χ3v) is 5.59. The molecule has 25 heavy (non-hydrogen) atoms. The van der Waals surface area contributed by atoms with Crippen LogP contribution in [0.4, 0.5) is 0 Å². The molecule has 4 nitrogen and oxygen atoms in total. The van der Waals surface area contributed by atoms with E-state index in [9.17, 15) is 9.59 Å². The van der Waals surface area contributed by atoms with Crippen LogP contribution in [-0.4, -0.2) is 41.7 Å². The van der Waals surface area contributed by atoms with Gasteiger partial charge in [-0.1, -0.05) is 23.7 Å². The Morgan fingerprint density at radius 3 is 2.36 bits per heavy atom. The maximum Gasteiger partial charge on any atom is 0.227 e. The van der Waals surface area contributed by atoms with Crippen molar-refractivity contribution >= 4 is 35.0 Å². The highest BCUT2D eigenvalue weighted by Crippen LogP contribution is 2.19. The van der Waals surface area contributed by atoms with Crippen molar-refractivity contribution in [2.45, 2.75) is 45.6 Å². The lowest BCUT2D eigenvalue weighted by Crippen LogP contribution is -2.49. The first-order chi connectivity index (χ1) is 11.8. The summed E-state index contributed by atoms with van der Waals surface area (Å²) in [6, 6.07) is 7.72. The van der Waals surface area contributed by atoms with Crippen LogP contribution in [0.15, 0.2) is 24.3 Å². The summed E-state index contributed by atoms with van der Waals surface area (Å²) < 4.78 is 0. The Labute approximate surface area is 159 Å². The first-order valence-corrected chi connectivity index (χ1v) is 9.62. The van der Waals surface area contributed by atoms with E-state index < -0.39 is 5.41 Å². The molecule has 0 atom stereocenters. The second kappa shape index (κ2) is 8.91. The predicted octanol–water partition coefficient (Wildman–Crippen LogP) is 3.64. The van der Waals surface area contributed by atoms with Crippen molar-refractivity contribution in [3.63, 3.8) is 0 Å². The average molecular weight is 385 g/mol. The van der Waals surface area contributed by atoms with Crippen LogP contribution in [0.3, 0.4) is 0 Å². The molecule has 0 bridgehead atoms. The molecular weight excluding hydrogens is 359 g/mol. The Balaban J connectivity index is 1.74. The summed E-state index contributed by atoms with van der Waals surface area (Å²) >= 11 is 11.7. The van der Waals surface area contributed by atoms with Gasteiger partial charge in [0, 0.05) is 36.5 Å². The maximum absolute atomic E-state index is 12.4. The number of carbonyl (C=O) groups excluding carboxylic acids is 2. The van der Waals surface area contributed by atoms with Crippen LogP contribution >= 0.6 is 23.2 Å². The number of halogens is 2. The number of carbonyl (C=O) groups is 2. The van der Waals surface area contributed by atoms with Gasteiger partial charge in [0.05, 0.1) is 5.41 Å². The van der Waals surface area contributed by atoms with E-state index in [-0.39, 0.29) is 17.9 Å². The number of benzene rings is 1. The number of likely N-dealkylation sites (tertiary alicyclic amines) is 1. The number of hydrogen-bond donors (Lipinski definition) is 1. The number of nitrogens with zero attached hydrogens (tertiary/aromatic N) is 1. The number of nitrogens with one attached hydrogen (secondary N) is 1. The van der Waals surface area contributed by atoms with Crippen LogP contribution in [0.25, 0.3) is 0 Å². The van der Waals surface area contributed by atoms with E-state index >= 15 is 0 Å². The van der Waals surface area contributed by atoms with Crippen molar-refractivity contribution in [2.24, 2.45) is 5.41 Å². The largest absolute Gasteiger partial charge is 0.353 e. The molecule has 1 aromatic rings. The van der Waals surface area contributed by atoms with Gasteiger partial charge in [0.1, 0.15) is 0 Å². The molecule has 1 N–H and O–H groups in total. The van der Waals surface area contributed by atoms with Gasteiger partial charge in [-0.05, 0) is 50.8 Å². The summed E-state index contributed by atoms with van der Waals surface area (Å²) in [7, 11) is 0. The van der Waals surface area contributed by atoms with Gasteiger partial charge in [-0.25, -0.2) is 0 Å². The van der Waals surface area contributed by atoms with Crippen LogP contribution in [0.1, 0.15) is 38.7 Å². The van der Waals surface area contributed by atoms with Gasteiger partial charge in [0.15, 0.2) is 0 Å². The van der Waals surface area contributed by atoms with Crippen molar-refractivity contribution in [2.75, 3.05) is 19.0 Å². The van der Waals surface area contributed by atoms with E-state index in [4.69, 9.17) is 23.2 Å². The molecule has 138 valence electrons. The van der Waals surface area contributed by atoms with Crippen LogP contribution < -0.4 is 5.32 Å². The molecule has 6 heteroatoms. The monoisotopic (exact) mass is 384 g/mol. The smallest absolute Gasteiger partial charge is 0.227 e. The molecule has 0 aliphatic carbocycles. The number of hydrogen-bond acceptors (Lipinski definition) is 2. The quantitative estimate of drug-likeness (QED) is 0.760. The maximum atomic E-state index is 12.4. The summed E-state index contributed by atoms with van der Waals surface area (Å²) in [6.07, 6.45) is 2.79. The molecule has 1 aliphatic rings. The molecule has 1 aromatic carbocycles. The normalized spacial score (nSPS) is 15.9. The van der Waals surface area contributed by atoms with Gasteiger partial charge in [-0.15, -0.1) is 11.6 Å². The van der Waals surface area contributed by atoms with Gasteiger partial charge in [-0.3, -0.25) is 9.59 Å². The molecule has 0 unspecified atom stereocenters. The minimum absolute atomic E-state index is 0.0185. The summed E-state index contributed by atoms with van der Waals surface area (Å²) in [5.74, 6) is 0.441. The van der Waals surface area contributed by atoms with Crippen molar-refractivity contribution < 1.29 is 9.59 Å². The zero-order valence-corrected chi connectivity index (χ0v) is 16.4. The van der Waals surface area contributed by atoms with Gasteiger partial charge in [0.2, 0.25) is 11.8 Å². The van der Waals surface area contributed by atoms with Crippen LogP contribution in [0, 0.1) is 5.41 Å². The molecule has 1 saturated heterocycles. The standard InChI is InChI=1S/C19H26Cl2N2O2/c1-19(2,13-20)18(25)22-16-9-11-23(12-10-16)17(24)8-5-14-3-6-15(21)7-4-14/h3-4,6-7,16H,5,8-13H2,1-2H3,(H,22,25). The van der Waals surface area contributed by atoms with Gasteiger partial charge >= 0.3 is 0 Å². The van der Waals surface area contributed by atoms with Crippen molar-refractivity contribution in [1.29, 1.82) is 0 Å². The minimum Gasteiger partial charge on any atom is -0.353 e. The molecule has 0 saturated carbocycles. The summed E-state index contributed by atoms with van der Waals surface area (Å²) in [6.45, 7) is 5.05. The fourth-order valence-corrected chi connectivity index (χ4v) is 3.02. The number of aryl methyl sites for hydroxylation is 1. The first-order valence-electron chi connectivity index (χ1n) is 8.71. The topological polar surface area (TPSA) is 49.4 Å². The van der Waals surface area contributed by atoms with Gasteiger partial charge < -0.3 is 10.2 Å². The molecule has 2 rings (SSSR count). The number of amides is 2. The third-order valence-electron chi connectivity index (χ3n) is 4.67. The lowest BCUT2D eigenvalue weighted by Gasteiger charge is -2.34. The van der Waals surface area contributed by atoms with Crippen LogP contribution in [0.5, 0.6) is 0 Å². The van der Waals surface area contributed by atoms with E-state index in [2.05, 4.69) is 5.32 Å². The van der Waals surface area contributed by atoms with Crippen LogP contribution in [0.2, 0.25) is 5.02 Å². The predicted molar refractivity (Wildman–Crippen MR) is 102 cm³/mol. The zero-order chi connectivity index (χ0) is 18.4. The average Bonchev–Trinajstić information content (AvgIpc) is 2.61. The highest BCUT2D eigenvalue weighted by atomic mass is 35.5. The van der Waals surface area contributed by atoms with Gasteiger partial charge in [0.25, 0.3) is 0 Å². The van der Waals surface area contributed by atoms with Gasteiger partial charge in [-0.2, -0.15) is 0 Å². The number of alkyl halides is 1.